The Kier molecular flexibility index (Phi) is 4.32. The summed E-state index contributed by atoms with van der Waals surface area (Å²) >= 11 is 0. The summed E-state index contributed by atoms with van der Waals surface area (Å²) in [5.41, 5.74) is 1.70. The van der Waals surface area contributed by atoms with Crippen LogP contribution in [0.5, 0.6) is 0 Å². The molecule has 0 amide bonds. The number of nitrogens with zero attached hydrogens (tertiary/aromatic N) is 3. The van der Waals surface area contributed by atoms with Crippen molar-refractivity contribution in [1.82, 2.24) is 0 Å². The molecule has 0 radical (unpaired) electrons. The molecule has 0 aromatic heterocycles. The highest BCUT2D eigenvalue weighted by Gasteiger charge is 2.59. The fourth-order valence-electron chi connectivity index (χ4n) is 4.64. The van der Waals surface area contributed by atoms with Gasteiger partial charge < -0.3 is 5.32 Å². The average molecular weight is 412 g/mol. The zero-order chi connectivity index (χ0) is 21.6. The number of para-hydroxylation sites is 2. The van der Waals surface area contributed by atoms with Crippen LogP contribution in [0.4, 0.5) is 11.4 Å². The van der Waals surface area contributed by atoms with Crippen LogP contribution in [0.2, 0.25) is 0 Å². The average Bonchev–Trinajstić information content (AvgIpc) is 2.79. The maximum absolute atomic E-state index is 13.5. The molecule has 0 bridgehead atoms. The maximum Gasteiger partial charge on any atom is 0.315 e. The number of anilines is 2. The zero-order valence-corrected chi connectivity index (χ0v) is 16.8. The Bertz CT molecular complexity index is 1200. The minimum Gasteiger partial charge on any atom is -0.373 e. The molecule has 0 fully saturated rings. The molecular weight excluding hydrogens is 392 g/mol. The van der Waals surface area contributed by atoms with Crippen LogP contribution in [-0.2, 0) is 0 Å². The summed E-state index contributed by atoms with van der Waals surface area (Å²) in [5.74, 6) is -0.894. The Morgan fingerprint density at radius 2 is 1.58 bits per heavy atom. The Morgan fingerprint density at radius 1 is 0.968 bits per heavy atom. The molecular formula is C24H20N4O3. The molecule has 154 valence electrons. The molecule has 3 atom stereocenters. The number of ketones is 1. The van der Waals surface area contributed by atoms with Crippen molar-refractivity contribution in [3.05, 3.63) is 106 Å². The summed E-state index contributed by atoms with van der Waals surface area (Å²) in [7, 11) is 0. The van der Waals surface area contributed by atoms with E-state index in [2.05, 4.69) is 10.4 Å². The van der Waals surface area contributed by atoms with E-state index in [1.165, 1.54) is 5.01 Å². The van der Waals surface area contributed by atoms with Gasteiger partial charge in [-0.2, -0.15) is 10.1 Å². The second-order valence-electron chi connectivity index (χ2n) is 7.92. The summed E-state index contributed by atoms with van der Waals surface area (Å²) in [5, 5.41) is 21.9. The molecule has 2 heterocycles. The van der Waals surface area contributed by atoms with E-state index in [1.807, 2.05) is 55.5 Å². The van der Waals surface area contributed by atoms with Crippen LogP contribution in [0.15, 0.2) is 90.0 Å². The topological polar surface area (TPSA) is 87.8 Å². The lowest BCUT2D eigenvalue weighted by Crippen LogP contribution is -2.65. The molecule has 0 spiro atoms. The molecule has 3 aromatic rings. The van der Waals surface area contributed by atoms with Crippen molar-refractivity contribution in [1.29, 1.82) is 0 Å². The van der Waals surface area contributed by atoms with Crippen molar-refractivity contribution in [2.75, 3.05) is 10.3 Å². The number of carbonyl (C=O) groups is 1. The van der Waals surface area contributed by atoms with E-state index < -0.39 is 17.6 Å². The van der Waals surface area contributed by atoms with Crippen molar-refractivity contribution in [3.8, 4) is 0 Å². The third-order valence-corrected chi connectivity index (χ3v) is 6.05. The largest absolute Gasteiger partial charge is 0.373 e. The number of Topliss-reactive ketones (excluding diaryl/α,β-unsaturated/α-hetero) is 1. The van der Waals surface area contributed by atoms with Crippen LogP contribution in [0.25, 0.3) is 0 Å². The van der Waals surface area contributed by atoms with E-state index in [4.69, 9.17) is 0 Å². The number of hydrogen-bond donors (Lipinski definition) is 1. The number of nitrogens with one attached hydrogen (secondary N) is 1. The van der Waals surface area contributed by atoms with Gasteiger partial charge in [-0.15, -0.1) is 0 Å². The summed E-state index contributed by atoms with van der Waals surface area (Å²) in [6.45, 7) is 1.83. The second kappa shape index (κ2) is 7.05. The second-order valence-corrected chi connectivity index (χ2v) is 7.92. The highest BCUT2D eigenvalue weighted by molar-refractivity contribution is 6.52. The molecule has 0 aliphatic carbocycles. The van der Waals surface area contributed by atoms with Gasteiger partial charge in [0, 0.05) is 16.2 Å². The molecule has 0 saturated heterocycles. The van der Waals surface area contributed by atoms with Gasteiger partial charge in [0.05, 0.1) is 11.2 Å². The van der Waals surface area contributed by atoms with Gasteiger partial charge in [-0.05, 0) is 36.8 Å². The number of rotatable bonds is 3. The van der Waals surface area contributed by atoms with Crippen molar-refractivity contribution >= 4 is 22.9 Å². The standard InChI is InChI=1S/C24H20N4O3/c1-24-20(16-10-4-2-5-11-16)23(28(30)31)27(17-12-6-3-7-13-17)26-22(24)21(29)18-14-8-9-15-19(18)25-24/h2-15,20,23,25H,1H3/t20-,23-,24?/m1/s1. The first-order chi connectivity index (χ1) is 15.0. The third-order valence-electron chi connectivity index (χ3n) is 6.05. The van der Waals surface area contributed by atoms with Crippen molar-refractivity contribution in [3.63, 3.8) is 0 Å². The van der Waals surface area contributed by atoms with Crippen molar-refractivity contribution in [2.24, 2.45) is 5.10 Å². The summed E-state index contributed by atoms with van der Waals surface area (Å²) < 4.78 is 0. The molecule has 2 aliphatic heterocycles. The van der Waals surface area contributed by atoms with E-state index in [0.717, 1.165) is 5.56 Å². The Balaban J connectivity index is 1.79. The minimum atomic E-state index is -1.20. The van der Waals surface area contributed by atoms with Crippen LogP contribution in [0.3, 0.4) is 0 Å². The van der Waals surface area contributed by atoms with Gasteiger partial charge >= 0.3 is 6.17 Å². The lowest BCUT2D eigenvalue weighted by Gasteiger charge is -2.48. The van der Waals surface area contributed by atoms with Crippen LogP contribution >= 0.6 is 0 Å². The van der Waals surface area contributed by atoms with Crippen LogP contribution in [-0.4, -0.2) is 28.1 Å². The number of fused-ring (bicyclic) bond motifs is 2. The lowest BCUT2D eigenvalue weighted by molar-refractivity contribution is -0.527. The summed E-state index contributed by atoms with van der Waals surface area (Å²) in [6.07, 6.45) is -1.20. The van der Waals surface area contributed by atoms with E-state index >= 15 is 0 Å². The van der Waals surface area contributed by atoms with E-state index in [9.17, 15) is 14.9 Å². The quantitative estimate of drug-likeness (QED) is 0.511. The van der Waals surface area contributed by atoms with Gasteiger partial charge in [-0.25, -0.2) is 0 Å². The predicted octanol–water partition coefficient (Wildman–Crippen LogP) is 4.32. The van der Waals surface area contributed by atoms with Crippen LogP contribution in [0.1, 0.15) is 28.8 Å². The van der Waals surface area contributed by atoms with Gasteiger partial charge in [0.2, 0.25) is 5.78 Å². The highest BCUT2D eigenvalue weighted by atomic mass is 16.6. The smallest absolute Gasteiger partial charge is 0.315 e. The monoisotopic (exact) mass is 412 g/mol. The van der Waals surface area contributed by atoms with Gasteiger partial charge in [-0.1, -0.05) is 60.7 Å². The zero-order valence-electron chi connectivity index (χ0n) is 16.8. The Hall–Kier alpha value is -4.00. The molecule has 31 heavy (non-hydrogen) atoms. The predicted molar refractivity (Wildman–Crippen MR) is 119 cm³/mol. The van der Waals surface area contributed by atoms with Gasteiger partial charge in [0.15, 0.2) is 0 Å². The number of hydrazone groups is 1. The highest BCUT2D eigenvalue weighted by Crippen LogP contribution is 2.45. The molecule has 3 aromatic carbocycles. The van der Waals surface area contributed by atoms with Crippen LogP contribution < -0.4 is 10.3 Å². The van der Waals surface area contributed by atoms with Crippen LogP contribution in [0, 0.1) is 10.1 Å². The fraction of sp³-hybridized carbons (Fsp3) is 0.167. The molecule has 1 unspecified atom stereocenters. The van der Waals surface area contributed by atoms with Crippen molar-refractivity contribution < 1.29 is 9.72 Å². The molecule has 7 nitrogen and oxygen atoms in total. The van der Waals surface area contributed by atoms with Gasteiger partial charge in [0.1, 0.15) is 11.6 Å². The fourth-order valence-corrected chi connectivity index (χ4v) is 4.64. The lowest BCUT2D eigenvalue weighted by atomic mass is 9.70. The van der Waals surface area contributed by atoms with Gasteiger partial charge in [-0.3, -0.25) is 14.9 Å². The summed E-state index contributed by atoms with van der Waals surface area (Å²) in [4.78, 5) is 25.7. The molecule has 2 aliphatic rings. The first-order valence-corrected chi connectivity index (χ1v) is 10.0. The molecule has 5 rings (SSSR count). The van der Waals surface area contributed by atoms with E-state index in [0.29, 0.717) is 16.9 Å². The number of benzene rings is 3. The van der Waals surface area contributed by atoms with Crippen molar-refractivity contribution in [2.45, 2.75) is 24.5 Å². The normalized spacial score (nSPS) is 24.5. The summed E-state index contributed by atoms with van der Waals surface area (Å²) in [6, 6.07) is 25.5. The van der Waals surface area contributed by atoms with Gasteiger partial charge in [0.25, 0.3) is 0 Å². The first kappa shape index (κ1) is 19.0. The number of carbonyl (C=O) groups excluding carboxylic acids is 1. The minimum absolute atomic E-state index is 0.222. The third kappa shape index (κ3) is 2.89. The number of nitro groups is 1. The number of hydrogen-bond acceptors (Lipinski definition) is 6. The molecule has 0 saturated carbocycles. The maximum atomic E-state index is 13.5. The Labute approximate surface area is 179 Å². The SMILES string of the molecule is CC12Nc3ccccc3C(=O)C1=NN(c1ccccc1)[C@H]([N+](=O)[O-])[C@H]2c1ccccc1. The Morgan fingerprint density at radius 3 is 2.26 bits per heavy atom. The first-order valence-electron chi connectivity index (χ1n) is 10.0. The molecule has 1 N–H and O–H groups in total. The van der Waals surface area contributed by atoms with E-state index in [1.54, 1.807) is 36.4 Å². The van der Waals surface area contributed by atoms with E-state index in [-0.39, 0.29) is 16.4 Å². The molecule has 7 heteroatoms.